The highest BCUT2D eigenvalue weighted by Gasteiger charge is 2.14. The third-order valence-electron chi connectivity index (χ3n) is 4.61. The summed E-state index contributed by atoms with van der Waals surface area (Å²) in [6, 6.07) is 11.1. The van der Waals surface area contributed by atoms with Crippen LogP contribution in [-0.2, 0) is 6.54 Å². The molecule has 0 amide bonds. The second-order valence-corrected chi connectivity index (χ2v) is 6.70. The molecule has 0 fully saturated rings. The molecule has 4 rings (SSSR count). The fourth-order valence-corrected chi connectivity index (χ4v) is 3.00. The SMILES string of the molecule is Nc1nc(C(N)/C=C(\NCc2ccccc2F)c2ccon2)ncc1-c1ccncc1. The third-order valence-corrected chi connectivity index (χ3v) is 4.61. The van der Waals surface area contributed by atoms with Crippen molar-refractivity contribution < 1.29 is 8.91 Å². The number of nitrogens with zero attached hydrogens (tertiary/aromatic N) is 4. The normalized spacial score (nSPS) is 12.5. The van der Waals surface area contributed by atoms with Gasteiger partial charge in [0, 0.05) is 42.3 Å². The average Bonchev–Trinajstić information content (AvgIpc) is 3.33. The van der Waals surface area contributed by atoms with Crippen molar-refractivity contribution in [1.29, 1.82) is 0 Å². The van der Waals surface area contributed by atoms with Crippen molar-refractivity contribution in [2.75, 3.05) is 5.73 Å². The van der Waals surface area contributed by atoms with Gasteiger partial charge in [-0.3, -0.25) is 4.98 Å². The number of nitrogens with one attached hydrogen (secondary N) is 1. The summed E-state index contributed by atoms with van der Waals surface area (Å²) in [7, 11) is 0. The second kappa shape index (κ2) is 9.14. The molecule has 1 atom stereocenters. The van der Waals surface area contributed by atoms with Crippen molar-refractivity contribution in [2.45, 2.75) is 12.6 Å². The first kappa shape index (κ1) is 20.2. The summed E-state index contributed by atoms with van der Waals surface area (Å²) in [5.41, 5.74) is 15.6. The number of nitrogen functional groups attached to an aromatic ring is 1. The molecule has 0 bridgehead atoms. The van der Waals surface area contributed by atoms with Crippen LogP contribution in [0, 0.1) is 5.82 Å². The van der Waals surface area contributed by atoms with Gasteiger partial charge < -0.3 is 21.3 Å². The van der Waals surface area contributed by atoms with Gasteiger partial charge in [0.05, 0.1) is 11.7 Å². The van der Waals surface area contributed by atoms with E-state index < -0.39 is 6.04 Å². The van der Waals surface area contributed by atoms with E-state index in [-0.39, 0.29) is 12.4 Å². The van der Waals surface area contributed by atoms with E-state index in [9.17, 15) is 4.39 Å². The number of aromatic nitrogens is 4. The Labute approximate surface area is 177 Å². The number of rotatable bonds is 7. The fraction of sp³-hybridized carbons (Fsp3) is 0.0909. The third kappa shape index (κ3) is 4.73. The van der Waals surface area contributed by atoms with Crippen molar-refractivity contribution in [3.05, 3.63) is 96.3 Å². The first-order valence-electron chi connectivity index (χ1n) is 9.50. The molecule has 0 saturated carbocycles. The lowest BCUT2D eigenvalue weighted by atomic mass is 10.1. The summed E-state index contributed by atoms with van der Waals surface area (Å²) in [4.78, 5) is 12.7. The lowest BCUT2D eigenvalue weighted by Crippen LogP contribution is -2.18. The summed E-state index contributed by atoms with van der Waals surface area (Å²) >= 11 is 0. The standard InChI is InChI=1S/C22H20FN7O/c23-17-4-2-1-3-15(17)12-27-20(19-7-10-31-30-19)11-18(24)22-28-13-16(21(25)29-22)14-5-8-26-9-6-14/h1-11,13,18,27H,12,24H2,(H2,25,28,29)/b20-11-. The van der Waals surface area contributed by atoms with Crippen LogP contribution in [0.4, 0.5) is 10.2 Å². The zero-order chi connectivity index (χ0) is 21.6. The molecule has 0 aliphatic rings. The first-order chi connectivity index (χ1) is 15.1. The zero-order valence-corrected chi connectivity index (χ0v) is 16.4. The molecule has 3 aromatic heterocycles. The van der Waals surface area contributed by atoms with Crippen LogP contribution in [0.5, 0.6) is 0 Å². The smallest absolute Gasteiger partial charge is 0.151 e. The van der Waals surface area contributed by atoms with Gasteiger partial charge in [0.2, 0.25) is 0 Å². The maximum atomic E-state index is 14.0. The minimum absolute atomic E-state index is 0.238. The van der Waals surface area contributed by atoms with Crippen LogP contribution in [-0.4, -0.2) is 20.1 Å². The number of nitrogens with two attached hydrogens (primary N) is 2. The number of pyridine rings is 1. The highest BCUT2D eigenvalue weighted by Crippen LogP contribution is 2.24. The van der Waals surface area contributed by atoms with E-state index in [0.717, 1.165) is 5.56 Å². The summed E-state index contributed by atoms with van der Waals surface area (Å²) < 4.78 is 18.9. The quantitative estimate of drug-likeness (QED) is 0.418. The van der Waals surface area contributed by atoms with E-state index >= 15 is 0 Å². The predicted molar refractivity (Wildman–Crippen MR) is 114 cm³/mol. The number of halogens is 1. The van der Waals surface area contributed by atoms with Gasteiger partial charge in [-0.1, -0.05) is 23.4 Å². The first-order valence-corrected chi connectivity index (χ1v) is 9.50. The summed E-state index contributed by atoms with van der Waals surface area (Å²) in [5.74, 6) is 0.341. The molecular weight excluding hydrogens is 397 g/mol. The van der Waals surface area contributed by atoms with Gasteiger partial charge in [-0.2, -0.15) is 0 Å². The van der Waals surface area contributed by atoms with Crippen molar-refractivity contribution >= 4 is 11.5 Å². The minimum Gasteiger partial charge on any atom is -0.383 e. The number of anilines is 1. The molecule has 0 saturated heterocycles. The Kier molecular flexibility index (Phi) is 5.95. The lowest BCUT2D eigenvalue weighted by Gasteiger charge is -2.13. The van der Waals surface area contributed by atoms with E-state index in [4.69, 9.17) is 16.0 Å². The molecule has 5 N–H and O–H groups in total. The van der Waals surface area contributed by atoms with E-state index in [1.54, 1.807) is 48.9 Å². The van der Waals surface area contributed by atoms with Gasteiger partial charge in [-0.05, 0) is 29.8 Å². The molecule has 4 aromatic rings. The monoisotopic (exact) mass is 417 g/mol. The molecule has 1 aromatic carbocycles. The lowest BCUT2D eigenvalue weighted by molar-refractivity contribution is 0.417. The highest BCUT2D eigenvalue weighted by atomic mass is 19.1. The van der Waals surface area contributed by atoms with Gasteiger partial charge in [0.25, 0.3) is 0 Å². The van der Waals surface area contributed by atoms with Gasteiger partial charge in [0.1, 0.15) is 23.6 Å². The Bertz CT molecular complexity index is 1180. The highest BCUT2D eigenvalue weighted by molar-refractivity contribution is 5.72. The van der Waals surface area contributed by atoms with Gasteiger partial charge in [-0.25, -0.2) is 14.4 Å². The van der Waals surface area contributed by atoms with Gasteiger partial charge in [0.15, 0.2) is 5.82 Å². The fourth-order valence-electron chi connectivity index (χ4n) is 3.00. The number of hydrogen-bond acceptors (Lipinski definition) is 8. The predicted octanol–water partition coefficient (Wildman–Crippen LogP) is 3.08. The second-order valence-electron chi connectivity index (χ2n) is 6.70. The maximum Gasteiger partial charge on any atom is 0.151 e. The van der Waals surface area contributed by atoms with E-state index in [2.05, 4.69) is 25.4 Å². The maximum absolute atomic E-state index is 14.0. The molecule has 9 heteroatoms. The number of hydrogen-bond donors (Lipinski definition) is 3. The van der Waals surface area contributed by atoms with Gasteiger partial charge >= 0.3 is 0 Å². The van der Waals surface area contributed by atoms with Crippen molar-refractivity contribution in [2.24, 2.45) is 5.73 Å². The molecule has 156 valence electrons. The molecule has 0 spiro atoms. The van der Waals surface area contributed by atoms with Crippen LogP contribution in [0.3, 0.4) is 0 Å². The molecule has 0 radical (unpaired) electrons. The summed E-state index contributed by atoms with van der Waals surface area (Å²) in [5, 5.41) is 7.10. The number of benzene rings is 1. The van der Waals surface area contributed by atoms with Crippen LogP contribution in [0.2, 0.25) is 0 Å². The van der Waals surface area contributed by atoms with Crippen LogP contribution in [0.1, 0.15) is 23.1 Å². The molecule has 1 unspecified atom stereocenters. The van der Waals surface area contributed by atoms with Crippen LogP contribution in [0.25, 0.3) is 16.8 Å². The van der Waals surface area contributed by atoms with Crippen molar-refractivity contribution in [3.63, 3.8) is 0 Å². The van der Waals surface area contributed by atoms with Crippen LogP contribution >= 0.6 is 0 Å². The molecular formula is C22H20FN7O. The van der Waals surface area contributed by atoms with Crippen molar-refractivity contribution in [1.82, 2.24) is 25.4 Å². The van der Waals surface area contributed by atoms with Gasteiger partial charge in [-0.15, -0.1) is 0 Å². The van der Waals surface area contributed by atoms with E-state index in [1.165, 1.54) is 12.3 Å². The topological polar surface area (TPSA) is 129 Å². The summed E-state index contributed by atoms with van der Waals surface area (Å²) in [6.07, 6.45) is 8.10. The summed E-state index contributed by atoms with van der Waals surface area (Å²) in [6.45, 7) is 0.238. The average molecular weight is 417 g/mol. The molecule has 0 aliphatic carbocycles. The Hall–Kier alpha value is -4.11. The largest absolute Gasteiger partial charge is 0.383 e. The Balaban J connectivity index is 1.58. The van der Waals surface area contributed by atoms with Crippen molar-refractivity contribution in [3.8, 4) is 11.1 Å². The Morgan fingerprint density at radius 1 is 1.16 bits per heavy atom. The van der Waals surface area contributed by atoms with E-state index in [0.29, 0.717) is 34.2 Å². The van der Waals surface area contributed by atoms with Crippen LogP contribution in [0.15, 0.2) is 77.9 Å². The minimum atomic E-state index is -0.686. The van der Waals surface area contributed by atoms with E-state index in [1.807, 2.05) is 12.1 Å². The molecule has 0 aliphatic heterocycles. The molecule has 3 heterocycles. The zero-order valence-electron chi connectivity index (χ0n) is 16.4. The Morgan fingerprint density at radius 2 is 1.97 bits per heavy atom. The molecule has 31 heavy (non-hydrogen) atoms. The Morgan fingerprint density at radius 3 is 2.68 bits per heavy atom. The molecule has 8 nitrogen and oxygen atoms in total. The van der Waals surface area contributed by atoms with Crippen LogP contribution < -0.4 is 16.8 Å².